The number of hydrogen-bond donors (Lipinski definition) is 1. The van der Waals surface area contributed by atoms with Crippen molar-refractivity contribution in [3.05, 3.63) is 0 Å². The predicted octanol–water partition coefficient (Wildman–Crippen LogP) is 0.342. The van der Waals surface area contributed by atoms with E-state index in [1.54, 1.807) is 0 Å². The molecule has 1 atom stereocenters. The molecule has 1 unspecified atom stereocenters. The van der Waals surface area contributed by atoms with Crippen molar-refractivity contribution in [1.29, 1.82) is 0 Å². The standard InChI is InChI=1S/C11H19NO4/c13-10(14)8-11(2-1-5-16-9-11)12-3-6-15-7-4-12/h1-9H2,(H,13,14). The van der Waals surface area contributed by atoms with Crippen molar-refractivity contribution < 1.29 is 19.4 Å². The maximum Gasteiger partial charge on any atom is 0.305 e. The van der Waals surface area contributed by atoms with Gasteiger partial charge in [0.25, 0.3) is 0 Å². The molecule has 2 heterocycles. The van der Waals surface area contributed by atoms with Crippen LogP contribution in [0.15, 0.2) is 0 Å². The molecular formula is C11H19NO4. The number of hydrogen-bond acceptors (Lipinski definition) is 4. The fourth-order valence-electron chi connectivity index (χ4n) is 2.66. The number of aliphatic carboxylic acids is 1. The zero-order chi connectivity index (χ0) is 11.4. The molecule has 0 bridgehead atoms. The molecule has 0 aromatic heterocycles. The van der Waals surface area contributed by atoms with Gasteiger partial charge in [0.15, 0.2) is 0 Å². The monoisotopic (exact) mass is 229 g/mol. The van der Waals surface area contributed by atoms with Crippen molar-refractivity contribution in [1.82, 2.24) is 4.90 Å². The molecule has 16 heavy (non-hydrogen) atoms. The number of morpholine rings is 1. The van der Waals surface area contributed by atoms with Crippen molar-refractivity contribution in [3.8, 4) is 0 Å². The van der Waals surface area contributed by atoms with E-state index >= 15 is 0 Å². The van der Waals surface area contributed by atoms with Crippen molar-refractivity contribution in [2.24, 2.45) is 0 Å². The zero-order valence-electron chi connectivity index (χ0n) is 9.48. The lowest BCUT2D eigenvalue weighted by Crippen LogP contribution is -2.58. The summed E-state index contributed by atoms with van der Waals surface area (Å²) in [4.78, 5) is 13.2. The SMILES string of the molecule is O=C(O)CC1(N2CCOCC2)CCCOC1. The topological polar surface area (TPSA) is 59.0 Å². The predicted molar refractivity (Wildman–Crippen MR) is 57.4 cm³/mol. The Bertz CT molecular complexity index is 244. The molecule has 5 nitrogen and oxygen atoms in total. The first-order valence-electron chi connectivity index (χ1n) is 5.85. The summed E-state index contributed by atoms with van der Waals surface area (Å²) < 4.78 is 10.8. The normalized spacial score (nSPS) is 32.5. The highest BCUT2D eigenvalue weighted by Gasteiger charge is 2.41. The van der Waals surface area contributed by atoms with Gasteiger partial charge in [0.05, 0.1) is 31.8 Å². The zero-order valence-corrected chi connectivity index (χ0v) is 9.48. The van der Waals surface area contributed by atoms with Crippen molar-refractivity contribution >= 4 is 5.97 Å². The van der Waals surface area contributed by atoms with Gasteiger partial charge in [0.2, 0.25) is 0 Å². The van der Waals surface area contributed by atoms with Crippen LogP contribution in [0.5, 0.6) is 0 Å². The van der Waals surface area contributed by atoms with Crippen LogP contribution >= 0.6 is 0 Å². The van der Waals surface area contributed by atoms with Crippen molar-refractivity contribution in [2.75, 3.05) is 39.5 Å². The third-order valence-corrected chi connectivity index (χ3v) is 3.46. The van der Waals surface area contributed by atoms with E-state index in [2.05, 4.69) is 4.90 Å². The lowest BCUT2D eigenvalue weighted by atomic mass is 9.86. The smallest absolute Gasteiger partial charge is 0.305 e. The van der Waals surface area contributed by atoms with Crippen LogP contribution in [0.2, 0.25) is 0 Å². The summed E-state index contributed by atoms with van der Waals surface area (Å²) in [6.45, 7) is 4.32. The molecule has 2 fully saturated rings. The molecule has 2 saturated heterocycles. The highest BCUT2D eigenvalue weighted by atomic mass is 16.5. The largest absolute Gasteiger partial charge is 0.481 e. The van der Waals surface area contributed by atoms with Gasteiger partial charge in [-0.25, -0.2) is 0 Å². The Labute approximate surface area is 95.3 Å². The van der Waals surface area contributed by atoms with Gasteiger partial charge in [-0.1, -0.05) is 0 Å². The summed E-state index contributed by atoms with van der Waals surface area (Å²) in [5, 5.41) is 9.05. The Morgan fingerprint density at radius 3 is 2.56 bits per heavy atom. The highest BCUT2D eigenvalue weighted by molar-refractivity contribution is 5.68. The summed E-state index contributed by atoms with van der Waals surface area (Å²) >= 11 is 0. The first kappa shape index (κ1) is 11.8. The molecule has 0 aromatic carbocycles. The molecule has 0 saturated carbocycles. The Hall–Kier alpha value is -0.650. The van der Waals surface area contributed by atoms with Gasteiger partial charge in [-0.3, -0.25) is 9.69 Å². The number of carbonyl (C=O) groups is 1. The lowest BCUT2D eigenvalue weighted by molar-refractivity contribution is -0.147. The fourth-order valence-corrected chi connectivity index (χ4v) is 2.66. The van der Waals surface area contributed by atoms with E-state index in [4.69, 9.17) is 14.6 Å². The van der Waals surface area contributed by atoms with Gasteiger partial charge in [-0.2, -0.15) is 0 Å². The molecule has 1 N–H and O–H groups in total. The van der Waals surface area contributed by atoms with Crippen LogP contribution in [-0.4, -0.2) is 61.0 Å². The Kier molecular flexibility index (Phi) is 3.78. The molecule has 2 aliphatic heterocycles. The summed E-state index contributed by atoms with van der Waals surface area (Å²) in [5.74, 6) is -0.739. The van der Waals surface area contributed by atoms with Crippen LogP contribution in [0.25, 0.3) is 0 Å². The highest BCUT2D eigenvalue weighted by Crippen LogP contribution is 2.30. The molecule has 0 spiro atoms. The third-order valence-electron chi connectivity index (χ3n) is 3.46. The van der Waals surface area contributed by atoms with Crippen molar-refractivity contribution in [2.45, 2.75) is 24.8 Å². The summed E-state index contributed by atoms with van der Waals surface area (Å²) in [6, 6.07) is 0. The molecule has 0 aliphatic carbocycles. The Morgan fingerprint density at radius 1 is 1.25 bits per heavy atom. The van der Waals surface area contributed by atoms with Crippen LogP contribution in [0, 0.1) is 0 Å². The maximum atomic E-state index is 11.0. The van der Waals surface area contributed by atoms with Crippen LogP contribution in [0.4, 0.5) is 0 Å². The first-order chi connectivity index (χ1) is 7.73. The van der Waals surface area contributed by atoms with E-state index in [1.807, 2.05) is 0 Å². The fraction of sp³-hybridized carbons (Fsp3) is 0.909. The van der Waals surface area contributed by atoms with Crippen LogP contribution in [0.1, 0.15) is 19.3 Å². The molecule has 2 aliphatic rings. The number of carboxylic acid groups (broad SMARTS) is 1. The molecule has 2 rings (SSSR count). The molecule has 0 radical (unpaired) electrons. The second kappa shape index (κ2) is 5.12. The van der Waals surface area contributed by atoms with Gasteiger partial charge in [0, 0.05) is 19.7 Å². The van der Waals surface area contributed by atoms with Crippen LogP contribution in [-0.2, 0) is 14.3 Å². The quantitative estimate of drug-likeness (QED) is 0.756. The molecule has 0 aromatic rings. The molecular weight excluding hydrogens is 210 g/mol. The third kappa shape index (κ3) is 2.53. The minimum Gasteiger partial charge on any atom is -0.481 e. The molecule has 5 heteroatoms. The van der Waals surface area contributed by atoms with E-state index in [0.29, 0.717) is 19.8 Å². The Morgan fingerprint density at radius 2 is 2.00 bits per heavy atom. The van der Waals surface area contributed by atoms with E-state index in [-0.39, 0.29) is 12.0 Å². The number of ether oxygens (including phenoxy) is 2. The van der Waals surface area contributed by atoms with Crippen LogP contribution < -0.4 is 0 Å². The van der Waals surface area contributed by atoms with E-state index in [9.17, 15) is 4.79 Å². The number of carboxylic acids is 1. The molecule has 0 amide bonds. The average Bonchev–Trinajstić information content (AvgIpc) is 2.30. The number of rotatable bonds is 3. The van der Waals surface area contributed by atoms with Gasteiger partial charge in [-0.05, 0) is 12.8 Å². The van der Waals surface area contributed by atoms with Gasteiger partial charge < -0.3 is 14.6 Å². The van der Waals surface area contributed by atoms with E-state index in [1.165, 1.54) is 0 Å². The van der Waals surface area contributed by atoms with E-state index < -0.39 is 5.97 Å². The second-order valence-corrected chi connectivity index (χ2v) is 4.55. The van der Waals surface area contributed by atoms with E-state index in [0.717, 1.165) is 32.5 Å². The summed E-state index contributed by atoms with van der Waals surface area (Å²) in [6.07, 6.45) is 2.04. The summed E-state index contributed by atoms with van der Waals surface area (Å²) in [7, 11) is 0. The maximum absolute atomic E-state index is 11.0. The van der Waals surface area contributed by atoms with Gasteiger partial charge in [0.1, 0.15) is 0 Å². The second-order valence-electron chi connectivity index (χ2n) is 4.55. The minimum atomic E-state index is -0.739. The minimum absolute atomic E-state index is 0.174. The van der Waals surface area contributed by atoms with Gasteiger partial charge >= 0.3 is 5.97 Å². The Balaban J connectivity index is 2.07. The number of nitrogens with zero attached hydrogens (tertiary/aromatic N) is 1. The summed E-state index contributed by atoms with van der Waals surface area (Å²) in [5.41, 5.74) is -0.298. The van der Waals surface area contributed by atoms with Crippen LogP contribution in [0.3, 0.4) is 0 Å². The van der Waals surface area contributed by atoms with Gasteiger partial charge in [-0.15, -0.1) is 0 Å². The first-order valence-corrected chi connectivity index (χ1v) is 5.85. The molecule has 92 valence electrons. The average molecular weight is 229 g/mol. The lowest BCUT2D eigenvalue weighted by Gasteiger charge is -2.46. The van der Waals surface area contributed by atoms with Crippen molar-refractivity contribution in [3.63, 3.8) is 0 Å².